The van der Waals surface area contributed by atoms with Gasteiger partial charge in [0, 0.05) is 16.1 Å². The molecule has 0 aliphatic rings. The summed E-state index contributed by atoms with van der Waals surface area (Å²) in [4.78, 5) is 0. The molecule has 0 saturated carbocycles. The lowest BCUT2D eigenvalue weighted by Crippen LogP contribution is -2.13. The molecule has 0 unspecified atom stereocenters. The molecule has 5 nitrogen and oxygen atoms in total. The number of rotatable bonds is 5. The molecule has 0 heterocycles. The number of methoxy groups -OCH3 is 1. The Morgan fingerprint density at radius 1 is 1.24 bits per heavy atom. The minimum atomic E-state index is 0.00112. The predicted molar refractivity (Wildman–Crippen MR) is 84.0 cm³/mol. The molecule has 0 aliphatic carbocycles. The first-order valence-electron chi connectivity index (χ1n) is 6.16. The normalized spacial score (nSPS) is 11.2. The molecule has 0 radical (unpaired) electrons. The molecule has 2 aromatic rings. The summed E-state index contributed by atoms with van der Waals surface area (Å²) < 4.78 is 11.9. The summed E-state index contributed by atoms with van der Waals surface area (Å²) in [6, 6.07) is 12.9. The second-order valence-corrected chi connectivity index (χ2v) is 5.22. The van der Waals surface area contributed by atoms with Gasteiger partial charge in [0.2, 0.25) is 0 Å². The van der Waals surface area contributed by atoms with E-state index in [2.05, 4.69) is 21.1 Å². The van der Waals surface area contributed by atoms with Crippen molar-refractivity contribution in [1.29, 1.82) is 0 Å². The summed E-state index contributed by atoms with van der Waals surface area (Å²) in [7, 11) is 1.55. The van der Waals surface area contributed by atoms with E-state index in [9.17, 15) is 0 Å². The Balaban J connectivity index is 2.19. The van der Waals surface area contributed by atoms with Gasteiger partial charge in [-0.05, 0) is 29.8 Å². The van der Waals surface area contributed by atoms with Gasteiger partial charge in [0.1, 0.15) is 18.1 Å². The van der Waals surface area contributed by atoms with E-state index >= 15 is 0 Å². The van der Waals surface area contributed by atoms with E-state index < -0.39 is 0 Å². The monoisotopic (exact) mass is 350 g/mol. The Morgan fingerprint density at radius 3 is 2.67 bits per heavy atom. The zero-order valence-corrected chi connectivity index (χ0v) is 13.0. The van der Waals surface area contributed by atoms with Crippen LogP contribution in [0.2, 0.25) is 0 Å². The Morgan fingerprint density at radius 2 is 2.00 bits per heavy atom. The molecule has 6 heteroatoms. The molecular formula is C15H15BrN2O3. The van der Waals surface area contributed by atoms with Gasteiger partial charge in [-0.15, -0.1) is 0 Å². The molecular weight excluding hydrogens is 336 g/mol. The molecule has 110 valence electrons. The zero-order chi connectivity index (χ0) is 15.2. The maximum atomic E-state index is 8.76. The molecule has 0 fully saturated rings. The number of oxime groups is 1. The van der Waals surface area contributed by atoms with Gasteiger partial charge < -0.3 is 20.4 Å². The van der Waals surface area contributed by atoms with Crippen LogP contribution < -0.4 is 15.2 Å². The zero-order valence-electron chi connectivity index (χ0n) is 11.4. The molecule has 3 N–H and O–H groups in total. The van der Waals surface area contributed by atoms with Crippen LogP contribution in [0, 0.1) is 0 Å². The Bertz CT molecular complexity index is 659. The molecule has 0 bridgehead atoms. The van der Waals surface area contributed by atoms with Crippen molar-refractivity contribution < 1.29 is 14.7 Å². The summed E-state index contributed by atoms with van der Waals surface area (Å²) >= 11 is 3.42. The number of ether oxygens (including phenoxy) is 2. The van der Waals surface area contributed by atoms with E-state index in [1.54, 1.807) is 25.3 Å². The average molecular weight is 351 g/mol. The summed E-state index contributed by atoms with van der Waals surface area (Å²) in [5, 5.41) is 11.7. The first kappa shape index (κ1) is 15.2. The largest absolute Gasteiger partial charge is 0.497 e. The Kier molecular flexibility index (Phi) is 5.05. The molecule has 21 heavy (non-hydrogen) atoms. The van der Waals surface area contributed by atoms with Gasteiger partial charge in [0.25, 0.3) is 0 Å². The van der Waals surface area contributed by atoms with Crippen LogP contribution in [0.5, 0.6) is 11.5 Å². The number of halogens is 1. The molecule has 0 saturated heterocycles. The minimum absolute atomic E-state index is 0.00112. The topological polar surface area (TPSA) is 77.1 Å². The van der Waals surface area contributed by atoms with Crippen molar-refractivity contribution >= 4 is 21.8 Å². The fourth-order valence-electron chi connectivity index (χ4n) is 1.77. The van der Waals surface area contributed by atoms with E-state index in [4.69, 9.17) is 20.4 Å². The summed E-state index contributed by atoms with van der Waals surface area (Å²) in [5.41, 5.74) is 7.15. The van der Waals surface area contributed by atoms with Gasteiger partial charge in [-0.2, -0.15) is 0 Å². The van der Waals surface area contributed by atoms with Crippen LogP contribution in [-0.2, 0) is 6.61 Å². The smallest absolute Gasteiger partial charge is 0.170 e. The maximum absolute atomic E-state index is 8.76. The fraction of sp³-hybridized carbons (Fsp3) is 0.133. The average Bonchev–Trinajstić information content (AvgIpc) is 2.51. The standard InChI is InChI=1S/C15H15BrN2O3/c1-20-13-6-11(15(17)18-19)7-14(8-13)21-9-10-3-2-4-12(16)5-10/h2-8,19H,9H2,1H3,(H2,17,18). The van der Waals surface area contributed by atoms with Gasteiger partial charge in [0.15, 0.2) is 5.84 Å². The second-order valence-electron chi connectivity index (χ2n) is 4.30. The molecule has 2 rings (SSSR count). The molecule has 0 aliphatic heterocycles. The van der Waals surface area contributed by atoms with Crippen molar-refractivity contribution in [1.82, 2.24) is 0 Å². The quantitative estimate of drug-likeness (QED) is 0.376. The highest BCUT2D eigenvalue weighted by atomic mass is 79.9. The highest BCUT2D eigenvalue weighted by molar-refractivity contribution is 9.10. The first-order chi connectivity index (χ1) is 10.1. The van der Waals surface area contributed by atoms with Crippen LogP contribution in [0.1, 0.15) is 11.1 Å². The van der Waals surface area contributed by atoms with E-state index in [1.807, 2.05) is 24.3 Å². The summed E-state index contributed by atoms with van der Waals surface area (Å²) in [6.45, 7) is 0.405. The van der Waals surface area contributed by atoms with Crippen molar-refractivity contribution in [2.45, 2.75) is 6.61 Å². The van der Waals surface area contributed by atoms with Crippen LogP contribution in [-0.4, -0.2) is 18.2 Å². The number of hydrogen-bond acceptors (Lipinski definition) is 4. The number of hydrogen-bond donors (Lipinski definition) is 2. The lowest BCUT2D eigenvalue weighted by atomic mass is 10.2. The summed E-state index contributed by atoms with van der Waals surface area (Å²) in [5.74, 6) is 1.15. The van der Waals surface area contributed by atoms with Crippen molar-refractivity contribution in [2.75, 3.05) is 7.11 Å². The highest BCUT2D eigenvalue weighted by Crippen LogP contribution is 2.24. The third-order valence-corrected chi connectivity index (χ3v) is 3.31. The van der Waals surface area contributed by atoms with E-state index in [0.29, 0.717) is 23.7 Å². The van der Waals surface area contributed by atoms with Gasteiger partial charge in [-0.1, -0.05) is 33.2 Å². The Labute approximate surface area is 131 Å². The fourth-order valence-corrected chi connectivity index (χ4v) is 2.22. The van der Waals surface area contributed by atoms with E-state index in [-0.39, 0.29) is 5.84 Å². The Hall–Kier alpha value is -2.21. The molecule has 0 aromatic heterocycles. The number of amidine groups is 1. The van der Waals surface area contributed by atoms with Crippen LogP contribution in [0.4, 0.5) is 0 Å². The summed E-state index contributed by atoms with van der Waals surface area (Å²) in [6.07, 6.45) is 0. The van der Waals surface area contributed by atoms with Gasteiger partial charge in [-0.3, -0.25) is 0 Å². The SMILES string of the molecule is COc1cc(OCc2cccc(Br)c2)cc(/C(N)=N/O)c1. The van der Waals surface area contributed by atoms with Crippen LogP contribution in [0.15, 0.2) is 52.1 Å². The number of nitrogens with zero attached hydrogens (tertiary/aromatic N) is 1. The predicted octanol–water partition coefficient (Wildman–Crippen LogP) is 3.13. The van der Waals surface area contributed by atoms with Crippen molar-refractivity contribution in [3.63, 3.8) is 0 Å². The lowest BCUT2D eigenvalue weighted by molar-refractivity contribution is 0.303. The molecule has 0 spiro atoms. The van der Waals surface area contributed by atoms with Crippen LogP contribution >= 0.6 is 15.9 Å². The van der Waals surface area contributed by atoms with Crippen molar-refractivity contribution in [3.05, 3.63) is 58.1 Å². The van der Waals surface area contributed by atoms with E-state index in [0.717, 1.165) is 10.0 Å². The van der Waals surface area contributed by atoms with Crippen LogP contribution in [0.25, 0.3) is 0 Å². The van der Waals surface area contributed by atoms with Crippen molar-refractivity contribution in [3.8, 4) is 11.5 Å². The molecule has 0 amide bonds. The van der Waals surface area contributed by atoms with Crippen molar-refractivity contribution in [2.24, 2.45) is 10.9 Å². The molecule has 0 atom stereocenters. The maximum Gasteiger partial charge on any atom is 0.170 e. The van der Waals surface area contributed by atoms with E-state index in [1.165, 1.54) is 0 Å². The lowest BCUT2D eigenvalue weighted by Gasteiger charge is -2.10. The number of benzene rings is 2. The highest BCUT2D eigenvalue weighted by Gasteiger charge is 2.06. The second kappa shape index (κ2) is 6.99. The third-order valence-electron chi connectivity index (χ3n) is 2.81. The third kappa shape index (κ3) is 4.13. The first-order valence-corrected chi connectivity index (χ1v) is 6.96. The van der Waals surface area contributed by atoms with Crippen LogP contribution in [0.3, 0.4) is 0 Å². The number of nitrogens with two attached hydrogens (primary N) is 1. The van der Waals surface area contributed by atoms with Gasteiger partial charge >= 0.3 is 0 Å². The van der Waals surface area contributed by atoms with Gasteiger partial charge in [-0.25, -0.2) is 0 Å². The van der Waals surface area contributed by atoms with Gasteiger partial charge in [0.05, 0.1) is 7.11 Å². The minimum Gasteiger partial charge on any atom is -0.497 e. The molecule has 2 aromatic carbocycles.